The number of ether oxygens (including phenoxy) is 1. The zero-order valence-electron chi connectivity index (χ0n) is 11.3. The molecular formula is C14H16ClN3OS. The second kappa shape index (κ2) is 5.97. The Labute approximate surface area is 127 Å². The van der Waals surface area contributed by atoms with Crippen LogP contribution >= 0.6 is 22.9 Å². The first-order valence-corrected chi connectivity index (χ1v) is 7.88. The van der Waals surface area contributed by atoms with Crippen LogP contribution in [0.1, 0.15) is 17.8 Å². The summed E-state index contributed by atoms with van der Waals surface area (Å²) < 4.78 is 5.98. The van der Waals surface area contributed by atoms with Crippen LogP contribution in [-0.4, -0.2) is 29.4 Å². The van der Waals surface area contributed by atoms with Crippen molar-refractivity contribution in [2.45, 2.75) is 25.9 Å². The minimum atomic E-state index is 0.222. The topological polar surface area (TPSA) is 38.2 Å². The number of aromatic nitrogens is 2. The summed E-state index contributed by atoms with van der Waals surface area (Å²) in [6.45, 7) is 3.88. The van der Waals surface area contributed by atoms with Gasteiger partial charge in [0, 0.05) is 25.9 Å². The Bertz CT molecular complexity index is 581. The molecule has 1 fully saturated rings. The van der Waals surface area contributed by atoms with Crippen LogP contribution in [0.4, 0.5) is 5.13 Å². The average Bonchev–Trinajstić information content (AvgIpc) is 2.89. The minimum Gasteiger partial charge on any atom is -0.489 e. The van der Waals surface area contributed by atoms with E-state index in [0.29, 0.717) is 5.02 Å². The molecule has 0 aliphatic carbocycles. The Morgan fingerprint density at radius 3 is 2.65 bits per heavy atom. The highest BCUT2D eigenvalue weighted by Gasteiger charge is 2.23. The molecule has 106 valence electrons. The standard InChI is InChI=1S/C14H16ClN3OS/c1-10-16-17-14(20-10)18-8-6-11(7-9-18)19-13-5-3-2-4-12(13)15/h2-5,11H,6-9H2,1H3. The first-order valence-electron chi connectivity index (χ1n) is 6.68. The van der Waals surface area contributed by atoms with Crippen LogP contribution in [0.25, 0.3) is 0 Å². The molecule has 0 atom stereocenters. The third kappa shape index (κ3) is 3.04. The molecule has 0 spiro atoms. The van der Waals surface area contributed by atoms with Crippen LogP contribution in [-0.2, 0) is 0 Å². The van der Waals surface area contributed by atoms with Crippen LogP contribution in [0, 0.1) is 6.92 Å². The van der Waals surface area contributed by atoms with E-state index in [4.69, 9.17) is 16.3 Å². The Morgan fingerprint density at radius 2 is 2.00 bits per heavy atom. The third-order valence-electron chi connectivity index (χ3n) is 3.36. The van der Waals surface area contributed by atoms with E-state index in [1.165, 1.54) is 0 Å². The van der Waals surface area contributed by atoms with Gasteiger partial charge in [0.05, 0.1) is 5.02 Å². The maximum absolute atomic E-state index is 6.12. The van der Waals surface area contributed by atoms with E-state index in [0.717, 1.165) is 41.8 Å². The number of hydrogen-bond acceptors (Lipinski definition) is 5. The number of nitrogens with zero attached hydrogens (tertiary/aromatic N) is 3. The normalized spacial score (nSPS) is 16.4. The molecule has 1 saturated heterocycles. The van der Waals surface area contributed by atoms with Crippen molar-refractivity contribution in [2.24, 2.45) is 0 Å². The van der Waals surface area contributed by atoms with Gasteiger partial charge in [-0.3, -0.25) is 0 Å². The summed E-state index contributed by atoms with van der Waals surface area (Å²) >= 11 is 7.76. The van der Waals surface area contributed by atoms with E-state index in [1.54, 1.807) is 11.3 Å². The number of para-hydroxylation sites is 1. The number of piperidine rings is 1. The Kier molecular flexibility index (Phi) is 4.08. The minimum absolute atomic E-state index is 0.222. The van der Waals surface area contributed by atoms with Crippen molar-refractivity contribution in [3.63, 3.8) is 0 Å². The predicted octanol–water partition coefficient (Wildman–Crippen LogP) is 3.55. The highest BCUT2D eigenvalue weighted by Crippen LogP contribution is 2.28. The third-order valence-corrected chi connectivity index (χ3v) is 4.57. The fourth-order valence-corrected chi connectivity index (χ4v) is 3.22. The van der Waals surface area contributed by atoms with Crippen LogP contribution < -0.4 is 9.64 Å². The van der Waals surface area contributed by atoms with Crippen LogP contribution in [0.2, 0.25) is 5.02 Å². The van der Waals surface area contributed by atoms with Crippen LogP contribution in [0.15, 0.2) is 24.3 Å². The molecule has 4 nitrogen and oxygen atoms in total. The molecule has 1 aromatic heterocycles. The number of halogens is 1. The van der Waals surface area contributed by atoms with Gasteiger partial charge in [-0.1, -0.05) is 35.1 Å². The average molecular weight is 310 g/mol. The van der Waals surface area contributed by atoms with Gasteiger partial charge in [0.2, 0.25) is 5.13 Å². The molecule has 6 heteroatoms. The molecule has 1 aromatic carbocycles. The summed E-state index contributed by atoms with van der Waals surface area (Å²) in [6, 6.07) is 7.63. The number of benzene rings is 1. The molecule has 1 aliphatic rings. The van der Waals surface area contributed by atoms with Gasteiger partial charge in [0.25, 0.3) is 0 Å². The first kappa shape index (κ1) is 13.6. The van der Waals surface area contributed by atoms with Gasteiger partial charge in [-0.2, -0.15) is 0 Å². The van der Waals surface area contributed by atoms with Crippen molar-refractivity contribution in [1.29, 1.82) is 0 Å². The van der Waals surface area contributed by atoms with Crippen molar-refractivity contribution >= 4 is 28.1 Å². The highest BCUT2D eigenvalue weighted by atomic mass is 35.5. The molecule has 0 amide bonds. The Hall–Kier alpha value is -1.33. The summed E-state index contributed by atoms with van der Waals surface area (Å²) in [6.07, 6.45) is 2.17. The monoisotopic (exact) mass is 309 g/mol. The summed E-state index contributed by atoms with van der Waals surface area (Å²) in [4.78, 5) is 2.27. The molecule has 0 saturated carbocycles. The fourth-order valence-electron chi connectivity index (χ4n) is 2.30. The predicted molar refractivity (Wildman–Crippen MR) is 82.0 cm³/mol. The van der Waals surface area contributed by atoms with E-state index in [1.807, 2.05) is 31.2 Å². The summed E-state index contributed by atoms with van der Waals surface area (Å²) in [7, 11) is 0. The lowest BCUT2D eigenvalue weighted by atomic mass is 10.1. The maximum Gasteiger partial charge on any atom is 0.208 e. The molecule has 20 heavy (non-hydrogen) atoms. The number of hydrogen-bond donors (Lipinski definition) is 0. The van der Waals surface area contributed by atoms with Crippen molar-refractivity contribution in [3.8, 4) is 5.75 Å². The van der Waals surface area contributed by atoms with Crippen molar-refractivity contribution in [2.75, 3.05) is 18.0 Å². The van der Waals surface area contributed by atoms with Gasteiger partial charge in [-0.15, -0.1) is 10.2 Å². The summed E-state index contributed by atoms with van der Waals surface area (Å²) in [5.74, 6) is 0.777. The molecule has 2 aromatic rings. The van der Waals surface area contributed by atoms with Gasteiger partial charge >= 0.3 is 0 Å². The zero-order valence-corrected chi connectivity index (χ0v) is 12.8. The molecular weight excluding hydrogens is 294 g/mol. The molecule has 0 unspecified atom stereocenters. The Balaban J connectivity index is 1.58. The van der Waals surface area contributed by atoms with Crippen molar-refractivity contribution < 1.29 is 4.74 Å². The maximum atomic E-state index is 6.12. The SMILES string of the molecule is Cc1nnc(N2CCC(Oc3ccccc3Cl)CC2)s1. The van der Waals surface area contributed by atoms with E-state index >= 15 is 0 Å². The summed E-state index contributed by atoms with van der Waals surface area (Å²) in [5.41, 5.74) is 0. The highest BCUT2D eigenvalue weighted by molar-refractivity contribution is 7.15. The lowest BCUT2D eigenvalue weighted by molar-refractivity contribution is 0.171. The molecule has 0 radical (unpaired) electrons. The van der Waals surface area contributed by atoms with Gasteiger partial charge in [-0.05, 0) is 19.1 Å². The van der Waals surface area contributed by atoms with Gasteiger partial charge in [-0.25, -0.2) is 0 Å². The fraction of sp³-hybridized carbons (Fsp3) is 0.429. The molecule has 3 rings (SSSR count). The molecule has 1 aliphatic heterocycles. The second-order valence-electron chi connectivity index (χ2n) is 4.84. The van der Waals surface area contributed by atoms with Crippen LogP contribution in [0.3, 0.4) is 0 Å². The molecule has 0 N–H and O–H groups in total. The van der Waals surface area contributed by atoms with Crippen molar-refractivity contribution in [1.82, 2.24) is 10.2 Å². The van der Waals surface area contributed by atoms with Crippen LogP contribution in [0.5, 0.6) is 5.75 Å². The zero-order chi connectivity index (χ0) is 13.9. The largest absolute Gasteiger partial charge is 0.489 e. The van der Waals surface area contributed by atoms with E-state index in [-0.39, 0.29) is 6.10 Å². The molecule has 0 bridgehead atoms. The lowest BCUT2D eigenvalue weighted by Gasteiger charge is -2.31. The lowest BCUT2D eigenvalue weighted by Crippen LogP contribution is -2.38. The number of aryl methyl sites for hydroxylation is 1. The quantitative estimate of drug-likeness (QED) is 0.869. The van der Waals surface area contributed by atoms with Gasteiger partial charge in [0.15, 0.2) is 0 Å². The first-order chi connectivity index (χ1) is 9.72. The second-order valence-corrected chi connectivity index (χ2v) is 6.41. The summed E-state index contributed by atoms with van der Waals surface area (Å²) in [5, 5.41) is 11.0. The van der Waals surface area contributed by atoms with Gasteiger partial charge < -0.3 is 9.64 Å². The van der Waals surface area contributed by atoms with E-state index in [2.05, 4.69) is 15.1 Å². The number of rotatable bonds is 3. The Morgan fingerprint density at radius 1 is 1.25 bits per heavy atom. The van der Waals surface area contributed by atoms with Gasteiger partial charge in [0.1, 0.15) is 16.9 Å². The molecule has 2 heterocycles. The van der Waals surface area contributed by atoms with E-state index < -0.39 is 0 Å². The smallest absolute Gasteiger partial charge is 0.208 e. The van der Waals surface area contributed by atoms with Crippen molar-refractivity contribution in [3.05, 3.63) is 34.3 Å². The van der Waals surface area contributed by atoms with E-state index in [9.17, 15) is 0 Å². The number of anilines is 1.